The van der Waals surface area contributed by atoms with Crippen LogP contribution in [-0.4, -0.2) is 20.6 Å². The Hall–Kier alpha value is -1.42. The Morgan fingerprint density at radius 1 is 1.59 bits per heavy atom. The summed E-state index contributed by atoms with van der Waals surface area (Å²) < 4.78 is 6.25. The SMILES string of the molecule is CC1(C)CCn2c1nc(C(=O)O)c(OP)c2=O. The Bertz CT molecular complexity index is 550. The molecule has 1 N–H and O–H groups in total. The van der Waals surface area contributed by atoms with Crippen molar-refractivity contribution in [2.45, 2.75) is 32.2 Å². The third kappa shape index (κ3) is 1.72. The van der Waals surface area contributed by atoms with E-state index in [2.05, 4.69) is 4.98 Å². The van der Waals surface area contributed by atoms with E-state index in [-0.39, 0.29) is 16.9 Å². The molecule has 1 atom stereocenters. The third-order valence-electron chi connectivity index (χ3n) is 3.01. The molecule has 0 amide bonds. The first-order valence-corrected chi connectivity index (χ1v) is 5.61. The largest absolute Gasteiger partial charge is 0.476 e. The van der Waals surface area contributed by atoms with Gasteiger partial charge in [0.1, 0.15) is 5.82 Å². The quantitative estimate of drug-likeness (QED) is 0.791. The van der Waals surface area contributed by atoms with Gasteiger partial charge in [-0.1, -0.05) is 13.8 Å². The van der Waals surface area contributed by atoms with Crippen LogP contribution in [0.15, 0.2) is 4.79 Å². The van der Waals surface area contributed by atoms with Crippen molar-refractivity contribution in [2.24, 2.45) is 0 Å². The predicted octanol–water partition coefficient (Wildman–Crippen LogP) is 0.792. The fourth-order valence-electron chi connectivity index (χ4n) is 2.02. The van der Waals surface area contributed by atoms with Gasteiger partial charge in [-0.15, -0.1) is 0 Å². The van der Waals surface area contributed by atoms with Crippen LogP contribution < -0.4 is 10.1 Å². The molecule has 1 unspecified atom stereocenters. The Morgan fingerprint density at radius 3 is 2.76 bits per heavy atom. The minimum atomic E-state index is -1.26. The number of carbonyl (C=O) groups is 1. The number of rotatable bonds is 2. The molecule has 1 aromatic rings. The van der Waals surface area contributed by atoms with Crippen LogP contribution in [0.3, 0.4) is 0 Å². The van der Waals surface area contributed by atoms with Gasteiger partial charge in [0.2, 0.25) is 5.75 Å². The van der Waals surface area contributed by atoms with E-state index in [4.69, 9.17) is 9.63 Å². The van der Waals surface area contributed by atoms with E-state index in [1.807, 2.05) is 23.3 Å². The normalized spacial score (nSPS) is 16.6. The highest BCUT2D eigenvalue weighted by Gasteiger charge is 2.35. The van der Waals surface area contributed by atoms with E-state index < -0.39 is 11.5 Å². The zero-order chi connectivity index (χ0) is 12.8. The van der Waals surface area contributed by atoms with Crippen LogP contribution in [0, 0.1) is 0 Å². The molecule has 1 aliphatic rings. The third-order valence-corrected chi connectivity index (χ3v) is 3.25. The number of aromatic carboxylic acids is 1. The van der Waals surface area contributed by atoms with Crippen LogP contribution >= 0.6 is 9.47 Å². The van der Waals surface area contributed by atoms with E-state index in [0.29, 0.717) is 12.4 Å². The van der Waals surface area contributed by atoms with Crippen molar-refractivity contribution in [1.29, 1.82) is 0 Å². The molecule has 1 aromatic heterocycles. The van der Waals surface area contributed by atoms with Crippen LogP contribution in [0.25, 0.3) is 0 Å². The Morgan fingerprint density at radius 2 is 2.24 bits per heavy atom. The summed E-state index contributed by atoms with van der Waals surface area (Å²) in [7, 11) is 1.89. The zero-order valence-corrected chi connectivity index (χ0v) is 10.7. The van der Waals surface area contributed by atoms with E-state index >= 15 is 0 Å². The molecule has 92 valence electrons. The van der Waals surface area contributed by atoms with Gasteiger partial charge in [-0.25, -0.2) is 9.78 Å². The van der Waals surface area contributed by atoms with Gasteiger partial charge >= 0.3 is 5.97 Å². The molecule has 0 bridgehead atoms. The molecule has 2 heterocycles. The van der Waals surface area contributed by atoms with Crippen LogP contribution in [0.5, 0.6) is 5.75 Å². The second kappa shape index (κ2) is 3.81. The molecule has 7 heteroatoms. The minimum absolute atomic E-state index is 0.232. The molecule has 2 rings (SSSR count). The maximum absolute atomic E-state index is 12.0. The van der Waals surface area contributed by atoms with Crippen LogP contribution in [0.1, 0.15) is 36.6 Å². The van der Waals surface area contributed by atoms with Gasteiger partial charge in [-0.2, -0.15) is 0 Å². The summed E-state index contributed by atoms with van der Waals surface area (Å²) in [4.78, 5) is 27.1. The molecular formula is C10H13N2O4P. The second-order valence-corrected chi connectivity index (χ2v) is 4.86. The number of fused-ring (bicyclic) bond motifs is 1. The van der Waals surface area contributed by atoms with Crippen LogP contribution in [-0.2, 0) is 12.0 Å². The van der Waals surface area contributed by atoms with Gasteiger partial charge in [0.05, 0.1) is 9.47 Å². The molecule has 0 aromatic carbocycles. The summed E-state index contributed by atoms with van der Waals surface area (Å²) in [5.74, 6) is -0.986. The molecule has 0 radical (unpaired) electrons. The first kappa shape index (κ1) is 12.0. The summed E-state index contributed by atoms with van der Waals surface area (Å²) in [6.45, 7) is 4.41. The van der Waals surface area contributed by atoms with Crippen molar-refractivity contribution in [1.82, 2.24) is 9.55 Å². The molecule has 6 nitrogen and oxygen atoms in total. The standard InChI is InChI=1S/C10H13N2O4P/c1-10(2)3-4-12-7(13)6(16-17)5(8(14)15)11-9(10)12/h3-4,17H2,1-2H3,(H,14,15). The lowest BCUT2D eigenvalue weighted by molar-refractivity contribution is 0.0687. The topological polar surface area (TPSA) is 81.4 Å². The van der Waals surface area contributed by atoms with Crippen molar-refractivity contribution >= 4 is 15.4 Å². The molecular weight excluding hydrogens is 243 g/mol. The average Bonchev–Trinajstić information content (AvgIpc) is 2.55. The summed E-state index contributed by atoms with van der Waals surface area (Å²) in [5.41, 5.74) is -1.05. The fraction of sp³-hybridized carbons (Fsp3) is 0.500. The molecule has 17 heavy (non-hydrogen) atoms. The number of carboxylic acids is 1. The number of hydrogen-bond donors (Lipinski definition) is 1. The number of hydrogen-bond acceptors (Lipinski definition) is 4. The Balaban J connectivity index is 2.78. The van der Waals surface area contributed by atoms with Crippen LogP contribution in [0.2, 0.25) is 0 Å². The molecule has 1 aliphatic heterocycles. The zero-order valence-electron chi connectivity index (χ0n) is 9.56. The summed E-state index contributed by atoms with van der Waals surface area (Å²) in [6.07, 6.45) is 0.759. The molecule has 0 aliphatic carbocycles. The maximum atomic E-state index is 12.0. The van der Waals surface area contributed by atoms with E-state index in [9.17, 15) is 9.59 Å². The fourth-order valence-corrected chi connectivity index (χ4v) is 2.23. The number of aromatic nitrogens is 2. The lowest BCUT2D eigenvalue weighted by Crippen LogP contribution is -2.28. The summed E-state index contributed by atoms with van der Waals surface area (Å²) in [6, 6.07) is 0. The molecule has 0 saturated carbocycles. The first-order chi connectivity index (χ1) is 7.88. The molecule has 0 saturated heterocycles. The monoisotopic (exact) mass is 256 g/mol. The van der Waals surface area contributed by atoms with Crippen molar-refractivity contribution in [3.63, 3.8) is 0 Å². The van der Waals surface area contributed by atoms with Crippen molar-refractivity contribution in [3.05, 3.63) is 21.9 Å². The highest BCUT2D eigenvalue weighted by atomic mass is 31.0. The van der Waals surface area contributed by atoms with E-state index in [1.165, 1.54) is 4.57 Å². The first-order valence-electron chi connectivity index (χ1n) is 5.14. The predicted molar refractivity (Wildman–Crippen MR) is 63.4 cm³/mol. The minimum Gasteiger partial charge on any atom is -0.476 e. The van der Waals surface area contributed by atoms with Gasteiger partial charge in [0, 0.05) is 12.0 Å². The van der Waals surface area contributed by atoms with Crippen molar-refractivity contribution in [3.8, 4) is 5.75 Å². The Kier molecular flexibility index (Phi) is 2.70. The maximum Gasteiger partial charge on any atom is 0.358 e. The number of nitrogens with zero attached hydrogens (tertiary/aromatic N) is 2. The lowest BCUT2D eigenvalue weighted by Gasteiger charge is -2.17. The van der Waals surface area contributed by atoms with Gasteiger partial charge in [0.25, 0.3) is 5.56 Å². The highest BCUT2D eigenvalue weighted by molar-refractivity contribution is 7.10. The molecule has 0 fully saturated rings. The van der Waals surface area contributed by atoms with Gasteiger partial charge in [-0.05, 0) is 6.42 Å². The van der Waals surface area contributed by atoms with Crippen molar-refractivity contribution in [2.75, 3.05) is 0 Å². The second-order valence-electron chi connectivity index (χ2n) is 4.63. The summed E-state index contributed by atoms with van der Waals surface area (Å²) in [5, 5.41) is 9.02. The van der Waals surface area contributed by atoms with E-state index in [1.54, 1.807) is 0 Å². The molecule has 0 spiro atoms. The number of carboxylic acid groups (broad SMARTS) is 1. The van der Waals surface area contributed by atoms with Gasteiger partial charge in [-0.3, -0.25) is 9.36 Å². The smallest absolute Gasteiger partial charge is 0.358 e. The van der Waals surface area contributed by atoms with Gasteiger partial charge in [0.15, 0.2) is 5.69 Å². The highest BCUT2D eigenvalue weighted by Crippen LogP contribution is 2.32. The lowest BCUT2D eigenvalue weighted by atomic mass is 9.91. The average molecular weight is 256 g/mol. The van der Waals surface area contributed by atoms with Crippen LogP contribution in [0.4, 0.5) is 0 Å². The van der Waals surface area contributed by atoms with Gasteiger partial charge < -0.3 is 9.63 Å². The Labute approximate surface area is 99.9 Å². The van der Waals surface area contributed by atoms with Crippen molar-refractivity contribution < 1.29 is 14.4 Å². The summed E-state index contributed by atoms with van der Waals surface area (Å²) >= 11 is 0. The van der Waals surface area contributed by atoms with E-state index in [0.717, 1.165) is 6.42 Å².